The van der Waals surface area contributed by atoms with Gasteiger partial charge in [0.05, 0.1) is 0 Å². The van der Waals surface area contributed by atoms with Gasteiger partial charge in [-0.15, -0.1) is 0 Å². The van der Waals surface area contributed by atoms with Gasteiger partial charge < -0.3 is 10.5 Å². The summed E-state index contributed by atoms with van der Waals surface area (Å²) in [5.41, 5.74) is 5.34. The summed E-state index contributed by atoms with van der Waals surface area (Å²) in [5.74, 6) is 0.293. The van der Waals surface area contributed by atoms with E-state index in [9.17, 15) is 8.78 Å². The number of hydrogen-bond acceptors (Lipinski definition) is 4. The molecule has 6 heteroatoms. The van der Waals surface area contributed by atoms with Crippen LogP contribution < -0.4 is 5.73 Å². The summed E-state index contributed by atoms with van der Waals surface area (Å²) in [7, 11) is 1.52. The van der Waals surface area contributed by atoms with Gasteiger partial charge in [0.1, 0.15) is 11.8 Å². The number of hydrogen-bond donors (Lipinski definition) is 1. The Morgan fingerprint density at radius 3 is 2.65 bits per heavy atom. The normalized spacial score (nSPS) is 13.1. The number of ether oxygens (including phenoxy) is 1. The van der Waals surface area contributed by atoms with Crippen molar-refractivity contribution in [3.63, 3.8) is 0 Å². The number of methoxy groups -OCH3 is 1. The zero-order valence-corrected chi connectivity index (χ0v) is 9.99. The molecule has 0 spiro atoms. The highest BCUT2D eigenvalue weighted by Crippen LogP contribution is 2.24. The summed E-state index contributed by atoms with van der Waals surface area (Å²) in [5, 5.41) is 0. The van der Waals surface area contributed by atoms with Crippen molar-refractivity contribution in [2.45, 2.75) is 38.8 Å². The number of nitrogens with two attached hydrogens (primary N) is 1. The van der Waals surface area contributed by atoms with Gasteiger partial charge in [-0.25, -0.2) is 18.7 Å². The fraction of sp³-hybridized carbons (Fsp3) is 0.636. The summed E-state index contributed by atoms with van der Waals surface area (Å²) in [6.07, 6.45) is -0.0734. The molecule has 0 saturated heterocycles. The van der Waals surface area contributed by atoms with E-state index in [-0.39, 0.29) is 23.9 Å². The van der Waals surface area contributed by atoms with E-state index in [2.05, 4.69) is 9.97 Å². The maximum absolute atomic E-state index is 12.8. The van der Waals surface area contributed by atoms with Crippen LogP contribution in [0.1, 0.15) is 49.4 Å². The highest BCUT2D eigenvalue weighted by atomic mass is 19.3. The number of alkyl halides is 2. The molecule has 96 valence electrons. The number of rotatable bonds is 6. The van der Waals surface area contributed by atoms with Crippen LogP contribution in [0.4, 0.5) is 8.78 Å². The minimum atomic E-state index is -2.64. The van der Waals surface area contributed by atoms with Crippen LogP contribution in [0.2, 0.25) is 0 Å². The van der Waals surface area contributed by atoms with Crippen LogP contribution in [0.5, 0.6) is 0 Å². The summed E-state index contributed by atoms with van der Waals surface area (Å²) in [6, 6.07) is 0. The topological polar surface area (TPSA) is 61.0 Å². The molecule has 1 atom stereocenters. The van der Waals surface area contributed by atoms with Gasteiger partial charge in [0, 0.05) is 25.4 Å². The van der Waals surface area contributed by atoms with Gasteiger partial charge in [-0.3, -0.25) is 0 Å². The minimum Gasteiger partial charge on any atom is -0.373 e. The van der Waals surface area contributed by atoms with Crippen molar-refractivity contribution in [3.8, 4) is 0 Å². The van der Waals surface area contributed by atoms with Crippen molar-refractivity contribution in [1.82, 2.24) is 9.97 Å². The van der Waals surface area contributed by atoms with E-state index in [0.29, 0.717) is 12.2 Å². The summed E-state index contributed by atoms with van der Waals surface area (Å²) in [6.45, 7) is 1.99. The first kappa shape index (κ1) is 13.9. The Bertz CT molecular complexity index is 361. The van der Waals surface area contributed by atoms with Gasteiger partial charge in [-0.2, -0.15) is 0 Å². The summed E-state index contributed by atoms with van der Waals surface area (Å²) >= 11 is 0. The molecule has 1 heterocycles. The Morgan fingerprint density at radius 2 is 2.18 bits per heavy atom. The van der Waals surface area contributed by atoms with Crippen LogP contribution in [0.3, 0.4) is 0 Å². The second-order valence-electron chi connectivity index (χ2n) is 3.66. The lowest BCUT2D eigenvalue weighted by Crippen LogP contribution is -2.12. The molecule has 0 bridgehead atoms. The van der Waals surface area contributed by atoms with Crippen LogP contribution in [-0.2, 0) is 11.3 Å². The average Bonchev–Trinajstić information content (AvgIpc) is 2.35. The van der Waals surface area contributed by atoms with E-state index in [1.165, 1.54) is 13.3 Å². The first-order valence-electron chi connectivity index (χ1n) is 5.50. The molecule has 0 amide bonds. The van der Waals surface area contributed by atoms with E-state index in [4.69, 9.17) is 10.5 Å². The molecule has 17 heavy (non-hydrogen) atoms. The number of aromatic nitrogens is 2. The maximum Gasteiger partial charge on any atom is 0.280 e. The molecule has 0 aliphatic heterocycles. The van der Waals surface area contributed by atoms with Crippen molar-refractivity contribution in [2.75, 3.05) is 7.11 Å². The van der Waals surface area contributed by atoms with E-state index in [0.717, 1.165) is 6.42 Å². The van der Waals surface area contributed by atoms with Crippen molar-refractivity contribution < 1.29 is 13.5 Å². The molecule has 1 unspecified atom stereocenters. The molecule has 0 aliphatic rings. The van der Waals surface area contributed by atoms with Gasteiger partial charge in [-0.05, 0) is 6.42 Å². The quantitative estimate of drug-likeness (QED) is 0.835. The minimum absolute atomic E-state index is 0.00534. The summed E-state index contributed by atoms with van der Waals surface area (Å²) < 4.78 is 30.7. The third-order valence-electron chi connectivity index (χ3n) is 2.47. The fourth-order valence-corrected chi connectivity index (χ4v) is 1.55. The maximum atomic E-state index is 12.8. The number of nitrogens with zero attached hydrogens (tertiary/aromatic N) is 2. The molecular formula is C11H17F2N3O. The molecule has 0 aliphatic carbocycles. The molecule has 1 rings (SSSR count). The SMILES string of the molecule is CCCC(OC)c1ncc(CN)c(C(F)F)n1. The van der Waals surface area contributed by atoms with Crippen LogP contribution in [0.25, 0.3) is 0 Å². The van der Waals surface area contributed by atoms with E-state index < -0.39 is 6.43 Å². The first-order chi connectivity index (χ1) is 8.13. The second-order valence-corrected chi connectivity index (χ2v) is 3.66. The predicted molar refractivity (Wildman–Crippen MR) is 59.5 cm³/mol. The standard InChI is InChI=1S/C11H17F2N3O/c1-3-4-8(17-2)11-15-6-7(5-14)9(16-11)10(12)13/h6,8,10H,3-5,14H2,1-2H3. The predicted octanol–water partition coefficient (Wildman–Crippen LogP) is 2.36. The number of halogens is 2. The zero-order chi connectivity index (χ0) is 12.8. The highest BCUT2D eigenvalue weighted by Gasteiger charge is 2.19. The highest BCUT2D eigenvalue weighted by molar-refractivity contribution is 5.19. The fourth-order valence-electron chi connectivity index (χ4n) is 1.55. The molecule has 0 radical (unpaired) electrons. The van der Waals surface area contributed by atoms with E-state index >= 15 is 0 Å². The Kier molecular flexibility index (Phi) is 5.37. The third kappa shape index (κ3) is 3.41. The summed E-state index contributed by atoms with van der Waals surface area (Å²) in [4.78, 5) is 7.90. The van der Waals surface area contributed by atoms with Crippen molar-refractivity contribution in [3.05, 3.63) is 23.3 Å². The van der Waals surface area contributed by atoms with Crippen LogP contribution in [-0.4, -0.2) is 17.1 Å². The Balaban J connectivity index is 3.05. The van der Waals surface area contributed by atoms with E-state index in [1.807, 2.05) is 6.92 Å². The molecule has 4 nitrogen and oxygen atoms in total. The van der Waals surface area contributed by atoms with Crippen LogP contribution in [0, 0.1) is 0 Å². The molecule has 0 fully saturated rings. The monoisotopic (exact) mass is 245 g/mol. The zero-order valence-electron chi connectivity index (χ0n) is 9.99. The van der Waals surface area contributed by atoms with Gasteiger partial charge >= 0.3 is 0 Å². The smallest absolute Gasteiger partial charge is 0.280 e. The molecule has 0 aromatic carbocycles. The molecule has 1 aromatic rings. The molecule has 1 aromatic heterocycles. The van der Waals surface area contributed by atoms with Gasteiger partial charge in [0.2, 0.25) is 0 Å². The van der Waals surface area contributed by atoms with Crippen molar-refractivity contribution >= 4 is 0 Å². The first-order valence-corrected chi connectivity index (χ1v) is 5.50. The van der Waals surface area contributed by atoms with Gasteiger partial charge in [0.15, 0.2) is 5.82 Å². The lowest BCUT2D eigenvalue weighted by Gasteiger charge is -2.15. The molecule has 0 saturated carbocycles. The van der Waals surface area contributed by atoms with Gasteiger partial charge in [0.25, 0.3) is 6.43 Å². The Labute approximate surface area is 99.2 Å². The van der Waals surface area contributed by atoms with Crippen molar-refractivity contribution in [1.29, 1.82) is 0 Å². The lowest BCUT2D eigenvalue weighted by molar-refractivity contribution is 0.0854. The second kappa shape index (κ2) is 6.56. The van der Waals surface area contributed by atoms with Crippen LogP contribution >= 0.6 is 0 Å². The third-order valence-corrected chi connectivity index (χ3v) is 2.47. The Morgan fingerprint density at radius 1 is 1.47 bits per heavy atom. The molecular weight excluding hydrogens is 228 g/mol. The van der Waals surface area contributed by atoms with Crippen molar-refractivity contribution in [2.24, 2.45) is 5.73 Å². The van der Waals surface area contributed by atoms with E-state index in [1.54, 1.807) is 0 Å². The molecule has 2 N–H and O–H groups in total. The lowest BCUT2D eigenvalue weighted by atomic mass is 10.1. The largest absolute Gasteiger partial charge is 0.373 e. The van der Waals surface area contributed by atoms with Crippen LogP contribution in [0.15, 0.2) is 6.20 Å². The van der Waals surface area contributed by atoms with Gasteiger partial charge in [-0.1, -0.05) is 13.3 Å². The Hall–Kier alpha value is -1.14. The average molecular weight is 245 g/mol.